The van der Waals surface area contributed by atoms with E-state index in [1.807, 2.05) is 12.1 Å². The third-order valence-electron chi connectivity index (χ3n) is 3.12. The molecule has 0 heterocycles. The fourth-order valence-corrected chi connectivity index (χ4v) is 2.10. The molecule has 0 radical (unpaired) electrons. The summed E-state index contributed by atoms with van der Waals surface area (Å²) in [6, 6.07) is 7.61. The molecule has 86 valence electrons. The van der Waals surface area contributed by atoms with E-state index < -0.39 is 0 Å². The highest BCUT2D eigenvalue weighted by molar-refractivity contribution is 5.83. The van der Waals surface area contributed by atoms with Gasteiger partial charge in [-0.3, -0.25) is 4.99 Å². The number of nitrogens with two attached hydrogens (primary N) is 1. The molecule has 1 aliphatic carbocycles. The van der Waals surface area contributed by atoms with Crippen molar-refractivity contribution in [1.82, 2.24) is 0 Å². The molecule has 3 nitrogen and oxygen atoms in total. The monoisotopic (exact) mass is 218 g/mol. The number of para-hydroxylation sites is 1. The predicted molar refractivity (Wildman–Crippen MR) is 65.9 cm³/mol. The fourth-order valence-electron chi connectivity index (χ4n) is 2.10. The highest BCUT2D eigenvalue weighted by Gasteiger charge is 2.20. The minimum Gasteiger partial charge on any atom is -0.507 e. The molecule has 1 aliphatic rings. The van der Waals surface area contributed by atoms with Crippen LogP contribution in [-0.4, -0.2) is 23.4 Å². The number of nitrogens with zero attached hydrogens (tertiary/aromatic N) is 1. The first-order chi connectivity index (χ1) is 7.77. The number of hydrogen-bond donors (Lipinski definition) is 2. The zero-order valence-electron chi connectivity index (χ0n) is 9.34. The smallest absolute Gasteiger partial charge is 0.124 e. The average Bonchev–Trinajstić information content (AvgIpc) is 2.30. The molecule has 3 heteroatoms. The van der Waals surface area contributed by atoms with E-state index in [9.17, 15) is 5.11 Å². The number of phenolic OH excluding ortho intramolecular Hbond substituents is 1. The van der Waals surface area contributed by atoms with Crippen molar-refractivity contribution in [1.29, 1.82) is 0 Å². The molecule has 0 spiro atoms. The molecule has 0 amide bonds. The van der Waals surface area contributed by atoms with Crippen molar-refractivity contribution in [3.05, 3.63) is 29.8 Å². The van der Waals surface area contributed by atoms with E-state index in [0.717, 1.165) is 18.4 Å². The Kier molecular flexibility index (Phi) is 3.57. The summed E-state index contributed by atoms with van der Waals surface area (Å²) in [6.07, 6.45) is 6.28. The lowest BCUT2D eigenvalue weighted by molar-refractivity contribution is 0.387. The maximum absolute atomic E-state index is 9.58. The van der Waals surface area contributed by atoms with Gasteiger partial charge in [0.2, 0.25) is 0 Å². The summed E-state index contributed by atoms with van der Waals surface area (Å²) in [5.41, 5.74) is 6.77. The van der Waals surface area contributed by atoms with Gasteiger partial charge in [0, 0.05) is 17.8 Å². The first-order valence-corrected chi connectivity index (χ1v) is 5.84. The molecule has 0 bridgehead atoms. The second-order valence-corrected chi connectivity index (χ2v) is 4.35. The first-order valence-electron chi connectivity index (χ1n) is 5.84. The number of aliphatic imine (C=N–C) groups is 1. The lowest BCUT2D eigenvalue weighted by atomic mass is 9.91. The van der Waals surface area contributed by atoms with Crippen LogP contribution in [0.4, 0.5) is 0 Å². The summed E-state index contributed by atoms with van der Waals surface area (Å²) in [5.74, 6) is 0.274. The number of phenols is 1. The van der Waals surface area contributed by atoms with Gasteiger partial charge in [0.25, 0.3) is 0 Å². The molecule has 1 aromatic rings. The fraction of sp³-hybridized carbons (Fsp3) is 0.462. The molecule has 1 fully saturated rings. The maximum atomic E-state index is 9.58. The Morgan fingerprint density at radius 3 is 2.75 bits per heavy atom. The normalized spacial score (nSPS) is 26.1. The Labute approximate surface area is 96.0 Å². The minimum absolute atomic E-state index is 0.177. The highest BCUT2D eigenvalue weighted by Crippen LogP contribution is 2.20. The second kappa shape index (κ2) is 5.12. The van der Waals surface area contributed by atoms with Crippen LogP contribution in [-0.2, 0) is 0 Å². The largest absolute Gasteiger partial charge is 0.507 e. The molecule has 0 saturated heterocycles. The van der Waals surface area contributed by atoms with Crippen molar-refractivity contribution in [3.63, 3.8) is 0 Å². The van der Waals surface area contributed by atoms with Crippen LogP contribution < -0.4 is 5.73 Å². The standard InChI is InChI=1S/C13H18N2O/c14-11-6-2-3-7-12(11)15-9-10-5-1-4-8-13(10)16/h1,4-5,8-9,11-12,16H,2-3,6-7,14H2/t11-,12-/m0/s1. The van der Waals surface area contributed by atoms with Crippen LogP contribution in [0.25, 0.3) is 0 Å². The SMILES string of the molecule is N[C@H]1CCCC[C@@H]1N=Cc1ccccc1O. The maximum Gasteiger partial charge on any atom is 0.124 e. The molecule has 1 aromatic carbocycles. The van der Waals surface area contributed by atoms with Gasteiger partial charge in [-0.2, -0.15) is 0 Å². The van der Waals surface area contributed by atoms with E-state index in [1.165, 1.54) is 12.8 Å². The molecular formula is C13H18N2O. The number of hydrogen-bond acceptors (Lipinski definition) is 3. The van der Waals surface area contributed by atoms with Gasteiger partial charge in [-0.25, -0.2) is 0 Å². The van der Waals surface area contributed by atoms with Crippen LogP contribution in [0.2, 0.25) is 0 Å². The van der Waals surface area contributed by atoms with Crippen LogP contribution in [0, 0.1) is 0 Å². The van der Waals surface area contributed by atoms with Crippen molar-refractivity contribution < 1.29 is 5.11 Å². The summed E-state index contributed by atoms with van der Waals surface area (Å²) < 4.78 is 0. The Hall–Kier alpha value is -1.35. The predicted octanol–water partition coefficient (Wildman–Crippen LogP) is 2.08. The summed E-state index contributed by atoms with van der Waals surface area (Å²) in [5, 5.41) is 9.58. The molecule has 1 saturated carbocycles. The van der Waals surface area contributed by atoms with Gasteiger partial charge < -0.3 is 10.8 Å². The van der Waals surface area contributed by atoms with Crippen LogP contribution >= 0.6 is 0 Å². The number of rotatable bonds is 2. The highest BCUT2D eigenvalue weighted by atomic mass is 16.3. The average molecular weight is 218 g/mol. The summed E-state index contributed by atoms with van der Waals surface area (Å²) >= 11 is 0. The van der Waals surface area contributed by atoms with Gasteiger partial charge >= 0.3 is 0 Å². The Balaban J connectivity index is 2.06. The zero-order valence-corrected chi connectivity index (χ0v) is 9.34. The van der Waals surface area contributed by atoms with Crippen molar-refractivity contribution in [2.75, 3.05) is 0 Å². The van der Waals surface area contributed by atoms with E-state index in [4.69, 9.17) is 5.73 Å². The minimum atomic E-state index is 0.177. The molecule has 2 atom stereocenters. The van der Waals surface area contributed by atoms with Crippen molar-refractivity contribution in [2.24, 2.45) is 10.7 Å². The van der Waals surface area contributed by atoms with Crippen molar-refractivity contribution in [2.45, 2.75) is 37.8 Å². The second-order valence-electron chi connectivity index (χ2n) is 4.35. The first kappa shape index (κ1) is 11.1. The lowest BCUT2D eigenvalue weighted by Crippen LogP contribution is -2.36. The molecule has 0 unspecified atom stereocenters. The van der Waals surface area contributed by atoms with Gasteiger partial charge in [0.15, 0.2) is 0 Å². The van der Waals surface area contributed by atoms with Gasteiger partial charge in [-0.05, 0) is 25.0 Å². The lowest BCUT2D eigenvalue weighted by Gasteiger charge is -2.24. The van der Waals surface area contributed by atoms with Gasteiger partial charge in [0.1, 0.15) is 5.75 Å². The van der Waals surface area contributed by atoms with Gasteiger partial charge in [-0.15, -0.1) is 0 Å². The van der Waals surface area contributed by atoms with Gasteiger partial charge in [-0.1, -0.05) is 25.0 Å². The molecule has 3 N–H and O–H groups in total. The number of benzene rings is 1. The summed E-state index contributed by atoms with van der Waals surface area (Å²) in [7, 11) is 0. The summed E-state index contributed by atoms with van der Waals surface area (Å²) in [4.78, 5) is 4.49. The van der Waals surface area contributed by atoms with Crippen LogP contribution in [0.3, 0.4) is 0 Å². The number of aromatic hydroxyl groups is 1. The van der Waals surface area contributed by atoms with Crippen molar-refractivity contribution in [3.8, 4) is 5.75 Å². The molecule has 2 rings (SSSR count). The topological polar surface area (TPSA) is 58.6 Å². The van der Waals surface area contributed by atoms with Crippen LogP contribution in [0.1, 0.15) is 31.2 Å². The van der Waals surface area contributed by atoms with E-state index in [0.29, 0.717) is 0 Å². The van der Waals surface area contributed by atoms with E-state index >= 15 is 0 Å². The summed E-state index contributed by atoms with van der Waals surface area (Å²) in [6.45, 7) is 0. The molecule has 0 aromatic heterocycles. The third-order valence-corrected chi connectivity index (χ3v) is 3.12. The quantitative estimate of drug-likeness (QED) is 0.747. The van der Waals surface area contributed by atoms with Crippen LogP contribution in [0.15, 0.2) is 29.3 Å². The Morgan fingerprint density at radius 2 is 2.00 bits per heavy atom. The van der Waals surface area contributed by atoms with E-state index in [-0.39, 0.29) is 17.8 Å². The Morgan fingerprint density at radius 1 is 1.25 bits per heavy atom. The van der Waals surface area contributed by atoms with E-state index in [2.05, 4.69) is 4.99 Å². The van der Waals surface area contributed by atoms with Gasteiger partial charge in [0.05, 0.1) is 6.04 Å². The third kappa shape index (κ3) is 2.61. The molecule has 16 heavy (non-hydrogen) atoms. The van der Waals surface area contributed by atoms with Crippen LogP contribution in [0.5, 0.6) is 5.75 Å². The molecule has 0 aliphatic heterocycles. The molecular weight excluding hydrogens is 200 g/mol. The van der Waals surface area contributed by atoms with Crippen molar-refractivity contribution >= 4 is 6.21 Å². The zero-order chi connectivity index (χ0) is 11.4. The van der Waals surface area contributed by atoms with E-state index in [1.54, 1.807) is 18.3 Å². The Bertz CT molecular complexity index is 376.